The molecule has 0 aliphatic carbocycles. The second-order valence-corrected chi connectivity index (χ2v) is 6.03. The maximum atomic E-state index is 11.7. The molecule has 3 aromatic rings. The molecule has 7 nitrogen and oxygen atoms in total. The summed E-state index contributed by atoms with van der Waals surface area (Å²) >= 11 is 1.34. The summed E-state index contributed by atoms with van der Waals surface area (Å²) in [5, 5.41) is 18.9. The number of aromatic nitrogens is 4. The molecule has 0 radical (unpaired) electrons. The van der Waals surface area contributed by atoms with Crippen LogP contribution >= 0.6 is 11.3 Å². The predicted octanol–water partition coefficient (Wildman–Crippen LogP) is 2.40. The first-order valence-electron chi connectivity index (χ1n) is 7.15. The molecule has 118 valence electrons. The fourth-order valence-electron chi connectivity index (χ4n) is 2.01. The molecule has 0 spiro atoms. The summed E-state index contributed by atoms with van der Waals surface area (Å²) in [6.45, 7) is 2.33. The number of amides is 2. The molecular formula is C15H16N6OS. The molecule has 0 unspecified atom stereocenters. The number of carbonyl (C=O) groups is 1. The lowest BCUT2D eigenvalue weighted by molar-refractivity contribution is 0.252. The Morgan fingerprint density at radius 2 is 2.04 bits per heavy atom. The maximum Gasteiger partial charge on any atom is 0.321 e. The summed E-state index contributed by atoms with van der Waals surface area (Å²) < 4.78 is 1.82. The van der Waals surface area contributed by atoms with Crippen LogP contribution < -0.4 is 10.6 Å². The van der Waals surface area contributed by atoms with Crippen LogP contribution in [0.4, 0.5) is 9.93 Å². The number of benzene rings is 1. The Morgan fingerprint density at radius 3 is 2.78 bits per heavy atom. The number of carbonyl (C=O) groups excluding carboxylic acids is 1. The Labute approximate surface area is 137 Å². The number of hydrogen-bond donors (Lipinski definition) is 2. The Morgan fingerprint density at radius 1 is 1.22 bits per heavy atom. The van der Waals surface area contributed by atoms with Gasteiger partial charge in [-0.15, -0.1) is 10.2 Å². The van der Waals surface area contributed by atoms with Crippen LogP contribution in [-0.4, -0.2) is 32.6 Å². The minimum Gasteiger partial charge on any atom is -0.337 e. The first-order valence-corrected chi connectivity index (χ1v) is 7.97. The van der Waals surface area contributed by atoms with Gasteiger partial charge in [-0.05, 0) is 25.1 Å². The summed E-state index contributed by atoms with van der Waals surface area (Å²) in [6.07, 6.45) is 2.57. The summed E-state index contributed by atoms with van der Waals surface area (Å²) in [5.74, 6) is 0. The fourth-order valence-corrected chi connectivity index (χ4v) is 2.60. The Kier molecular flexibility index (Phi) is 4.62. The number of urea groups is 1. The number of hydrogen-bond acceptors (Lipinski definition) is 5. The molecule has 0 aliphatic rings. The quantitative estimate of drug-likeness (QED) is 0.753. The third kappa shape index (κ3) is 4.13. The fraction of sp³-hybridized carbons (Fsp3) is 0.200. The van der Waals surface area contributed by atoms with Gasteiger partial charge >= 0.3 is 6.03 Å². The summed E-state index contributed by atoms with van der Waals surface area (Å²) in [6, 6.07) is 11.6. The first-order chi connectivity index (χ1) is 11.2. The van der Waals surface area contributed by atoms with Gasteiger partial charge < -0.3 is 5.32 Å². The smallest absolute Gasteiger partial charge is 0.321 e. The van der Waals surface area contributed by atoms with E-state index in [-0.39, 0.29) is 6.03 Å². The zero-order valence-electron chi connectivity index (χ0n) is 12.6. The molecule has 0 fully saturated rings. The molecule has 0 aliphatic heterocycles. The van der Waals surface area contributed by atoms with Crippen molar-refractivity contribution in [3.8, 4) is 5.69 Å². The van der Waals surface area contributed by atoms with Crippen molar-refractivity contribution >= 4 is 22.5 Å². The van der Waals surface area contributed by atoms with Gasteiger partial charge in [-0.3, -0.25) is 5.32 Å². The van der Waals surface area contributed by atoms with Crippen molar-refractivity contribution in [2.75, 3.05) is 11.9 Å². The molecule has 0 atom stereocenters. The van der Waals surface area contributed by atoms with Crippen LogP contribution in [0, 0.1) is 6.92 Å². The molecule has 8 heteroatoms. The van der Waals surface area contributed by atoms with E-state index in [1.165, 1.54) is 11.3 Å². The highest BCUT2D eigenvalue weighted by atomic mass is 32.1. The Balaban J connectivity index is 1.47. The van der Waals surface area contributed by atoms with E-state index in [9.17, 15) is 4.79 Å². The van der Waals surface area contributed by atoms with E-state index in [1.54, 1.807) is 0 Å². The highest BCUT2D eigenvalue weighted by Crippen LogP contribution is 2.13. The van der Waals surface area contributed by atoms with E-state index in [0.717, 1.165) is 16.4 Å². The van der Waals surface area contributed by atoms with E-state index < -0.39 is 0 Å². The van der Waals surface area contributed by atoms with Crippen LogP contribution in [0.5, 0.6) is 0 Å². The molecule has 1 aromatic carbocycles. The third-order valence-electron chi connectivity index (χ3n) is 3.08. The number of anilines is 1. The second kappa shape index (κ2) is 7.01. The van der Waals surface area contributed by atoms with E-state index in [2.05, 4.69) is 25.9 Å². The van der Waals surface area contributed by atoms with Crippen molar-refractivity contribution in [3.05, 3.63) is 53.3 Å². The van der Waals surface area contributed by atoms with Crippen LogP contribution in [0.15, 0.2) is 42.6 Å². The molecule has 0 bridgehead atoms. The van der Waals surface area contributed by atoms with Gasteiger partial charge in [0, 0.05) is 19.2 Å². The van der Waals surface area contributed by atoms with Gasteiger partial charge in [-0.2, -0.15) is 5.10 Å². The van der Waals surface area contributed by atoms with Gasteiger partial charge in [0.15, 0.2) is 0 Å². The zero-order valence-corrected chi connectivity index (χ0v) is 13.4. The zero-order chi connectivity index (χ0) is 16.1. The topological polar surface area (TPSA) is 84.7 Å². The standard InChI is InChI=1S/C15H16N6OS/c1-11-18-19-15(23-11)17-14(22)16-9-7-12-8-10-21(20-12)13-5-3-2-4-6-13/h2-6,8,10H,7,9H2,1H3,(H2,16,17,19,22). The van der Waals surface area contributed by atoms with E-state index in [4.69, 9.17) is 0 Å². The average Bonchev–Trinajstić information content (AvgIpc) is 3.17. The molecule has 0 saturated carbocycles. The van der Waals surface area contributed by atoms with Crippen molar-refractivity contribution in [2.24, 2.45) is 0 Å². The lowest BCUT2D eigenvalue weighted by Crippen LogP contribution is -2.30. The molecule has 3 rings (SSSR count). The lowest BCUT2D eigenvalue weighted by Gasteiger charge is -2.03. The second-order valence-electron chi connectivity index (χ2n) is 4.84. The van der Waals surface area contributed by atoms with Crippen LogP contribution in [0.2, 0.25) is 0 Å². The predicted molar refractivity (Wildman–Crippen MR) is 88.9 cm³/mol. The highest BCUT2D eigenvalue weighted by Gasteiger charge is 2.06. The molecule has 0 saturated heterocycles. The lowest BCUT2D eigenvalue weighted by atomic mass is 10.3. The van der Waals surface area contributed by atoms with Gasteiger partial charge in [0.1, 0.15) is 5.01 Å². The number of nitrogens with one attached hydrogen (secondary N) is 2. The summed E-state index contributed by atoms with van der Waals surface area (Å²) in [5.41, 5.74) is 1.93. The van der Waals surface area contributed by atoms with Crippen LogP contribution in [0.3, 0.4) is 0 Å². The molecule has 23 heavy (non-hydrogen) atoms. The van der Waals surface area contributed by atoms with Gasteiger partial charge in [0.05, 0.1) is 11.4 Å². The minimum absolute atomic E-state index is 0.288. The van der Waals surface area contributed by atoms with Crippen molar-refractivity contribution in [1.82, 2.24) is 25.3 Å². The molecule has 2 N–H and O–H groups in total. The van der Waals surface area contributed by atoms with Gasteiger partial charge in [0.25, 0.3) is 0 Å². The number of nitrogens with zero attached hydrogens (tertiary/aromatic N) is 4. The number of para-hydroxylation sites is 1. The normalized spacial score (nSPS) is 10.5. The molecule has 2 heterocycles. The highest BCUT2D eigenvalue weighted by molar-refractivity contribution is 7.15. The number of rotatable bonds is 5. The monoisotopic (exact) mass is 328 g/mol. The molecule has 2 amide bonds. The van der Waals surface area contributed by atoms with Gasteiger partial charge in [-0.1, -0.05) is 29.5 Å². The van der Waals surface area contributed by atoms with E-state index in [1.807, 2.05) is 54.2 Å². The molecule has 2 aromatic heterocycles. The van der Waals surface area contributed by atoms with Crippen molar-refractivity contribution in [1.29, 1.82) is 0 Å². The van der Waals surface area contributed by atoms with Crippen LogP contribution in [0.25, 0.3) is 5.69 Å². The van der Waals surface area contributed by atoms with Gasteiger partial charge in [-0.25, -0.2) is 9.48 Å². The Bertz CT molecular complexity index is 782. The van der Waals surface area contributed by atoms with Crippen molar-refractivity contribution in [3.63, 3.8) is 0 Å². The summed E-state index contributed by atoms with van der Waals surface area (Å²) in [4.78, 5) is 11.7. The maximum absolute atomic E-state index is 11.7. The average molecular weight is 328 g/mol. The minimum atomic E-state index is -0.288. The van der Waals surface area contributed by atoms with Crippen molar-refractivity contribution < 1.29 is 4.79 Å². The van der Waals surface area contributed by atoms with E-state index in [0.29, 0.717) is 18.1 Å². The summed E-state index contributed by atoms with van der Waals surface area (Å²) in [7, 11) is 0. The third-order valence-corrected chi connectivity index (χ3v) is 3.83. The van der Waals surface area contributed by atoms with Gasteiger partial charge in [0.2, 0.25) is 5.13 Å². The van der Waals surface area contributed by atoms with Crippen LogP contribution in [0.1, 0.15) is 10.7 Å². The van der Waals surface area contributed by atoms with Crippen LogP contribution in [-0.2, 0) is 6.42 Å². The SMILES string of the molecule is Cc1nnc(NC(=O)NCCc2ccn(-c3ccccc3)n2)s1. The Hall–Kier alpha value is -2.74. The van der Waals surface area contributed by atoms with Crippen molar-refractivity contribution in [2.45, 2.75) is 13.3 Å². The number of aryl methyl sites for hydroxylation is 1. The first kappa shape index (κ1) is 15.2. The van der Waals surface area contributed by atoms with E-state index >= 15 is 0 Å². The molecular weight excluding hydrogens is 312 g/mol. The largest absolute Gasteiger partial charge is 0.337 e.